The SMILES string of the molecule is CC(C)=CCCC(C)CC(=O)O.CC(CCCC(C)(C)OCCO)CC(=O)OCCO.CC1CCCC(C)(C)OCCOC(=O)C1.COCCOC(C)(C)CCCC(C)CC(C)=O. The first-order valence-corrected chi connectivity index (χ1v) is 23.6. The molecule has 13 nitrogen and oxygen atoms in total. The first kappa shape index (κ1) is 64.9. The molecule has 1 fully saturated rings. The van der Waals surface area contributed by atoms with Crippen LogP contribution in [0.15, 0.2) is 11.6 Å². The van der Waals surface area contributed by atoms with E-state index in [0.717, 1.165) is 70.6 Å². The quantitative estimate of drug-likeness (QED) is 0.0424. The highest BCUT2D eigenvalue weighted by Crippen LogP contribution is 2.24. The lowest BCUT2D eigenvalue weighted by Crippen LogP contribution is -2.26. The Bertz CT molecular complexity index is 1190. The van der Waals surface area contributed by atoms with Gasteiger partial charge in [0, 0.05) is 32.8 Å². The maximum absolute atomic E-state index is 11.3. The van der Waals surface area contributed by atoms with E-state index in [4.69, 9.17) is 43.7 Å². The first-order valence-electron chi connectivity index (χ1n) is 23.6. The Kier molecular flexibility index (Phi) is 40.0. The predicted molar refractivity (Wildman–Crippen MR) is 252 cm³/mol. The van der Waals surface area contributed by atoms with Crippen LogP contribution in [-0.2, 0) is 47.6 Å². The van der Waals surface area contributed by atoms with Crippen molar-refractivity contribution < 1.29 is 62.9 Å². The normalized spacial score (nSPS) is 17.0. The van der Waals surface area contributed by atoms with Crippen LogP contribution < -0.4 is 0 Å². The van der Waals surface area contributed by atoms with E-state index in [9.17, 15) is 19.2 Å². The van der Waals surface area contributed by atoms with Crippen LogP contribution in [0.1, 0.15) is 186 Å². The summed E-state index contributed by atoms with van der Waals surface area (Å²) in [4.78, 5) is 43.9. The summed E-state index contributed by atoms with van der Waals surface area (Å²) in [6.07, 6.45) is 15.3. The fourth-order valence-electron chi connectivity index (χ4n) is 6.74. The zero-order valence-corrected chi connectivity index (χ0v) is 42.6. The zero-order chi connectivity index (χ0) is 48.9. The number of esters is 2. The van der Waals surface area contributed by atoms with Gasteiger partial charge in [-0.15, -0.1) is 0 Å². The van der Waals surface area contributed by atoms with Gasteiger partial charge in [0.25, 0.3) is 0 Å². The number of aliphatic hydroxyl groups is 2. The number of carbonyl (C=O) groups excluding carboxylic acids is 3. The van der Waals surface area contributed by atoms with Crippen molar-refractivity contribution in [1.29, 1.82) is 0 Å². The second-order valence-electron chi connectivity index (χ2n) is 19.6. The smallest absolute Gasteiger partial charge is 0.306 e. The number of methoxy groups -OCH3 is 1. The molecule has 3 N–H and O–H groups in total. The largest absolute Gasteiger partial charge is 0.481 e. The Balaban J connectivity index is -0.000000771. The monoisotopic (exact) mass is 905 g/mol. The maximum atomic E-state index is 11.3. The molecule has 1 aliphatic rings. The molecule has 374 valence electrons. The second kappa shape index (κ2) is 38.8. The van der Waals surface area contributed by atoms with Gasteiger partial charge in [-0.05, 0) is 118 Å². The topological polar surface area (TPSA) is 184 Å². The van der Waals surface area contributed by atoms with Crippen LogP contribution in [0.4, 0.5) is 0 Å². The molecule has 0 saturated carbocycles. The molecule has 0 aromatic heterocycles. The standard InChI is InChI=1S/C14H28O5.C14H28O3.C12H22O3.C10H18O2/c1-12(11-13(17)18-9-7-15)5-4-6-14(2,3)19-10-8-16;1-12(11-13(2)15)7-6-8-14(3,4)17-10-9-16-5;1-10-5-4-6-12(2,3)15-8-7-14-11(13)9-10;1-8(2)5-4-6-9(3)7-10(11)12/h12,15-16H,4-11H2,1-3H3;12H,6-11H2,1-5H3;10H,4-9H2,1-3H3;5,9H,4,6-7H2,1-3H3,(H,11,12). The summed E-state index contributed by atoms with van der Waals surface area (Å²) >= 11 is 0. The number of ether oxygens (including phenoxy) is 6. The molecule has 0 radical (unpaired) electrons. The molecule has 1 heterocycles. The summed E-state index contributed by atoms with van der Waals surface area (Å²) < 4.78 is 31.8. The van der Waals surface area contributed by atoms with Gasteiger partial charge in [-0.3, -0.25) is 14.4 Å². The third kappa shape index (κ3) is 48.9. The molecule has 0 aliphatic carbocycles. The van der Waals surface area contributed by atoms with E-state index in [1.54, 1.807) is 14.0 Å². The van der Waals surface area contributed by atoms with Crippen molar-refractivity contribution in [2.75, 3.05) is 60.0 Å². The van der Waals surface area contributed by atoms with E-state index in [1.165, 1.54) is 5.57 Å². The van der Waals surface area contributed by atoms with Gasteiger partial charge in [-0.1, -0.05) is 77.9 Å². The minimum atomic E-state index is -0.695. The van der Waals surface area contributed by atoms with Crippen LogP contribution in [-0.4, -0.2) is 116 Å². The number of carbonyl (C=O) groups is 4. The number of hydrogen-bond donors (Lipinski definition) is 3. The first-order chi connectivity index (χ1) is 29.3. The Labute approximate surface area is 384 Å². The minimum Gasteiger partial charge on any atom is -0.481 e. The summed E-state index contributed by atoms with van der Waals surface area (Å²) in [5.41, 5.74) is 0.891. The fourth-order valence-corrected chi connectivity index (χ4v) is 6.74. The molecule has 1 saturated heterocycles. The second-order valence-corrected chi connectivity index (χ2v) is 19.6. The minimum absolute atomic E-state index is 0.0382. The van der Waals surface area contributed by atoms with Crippen molar-refractivity contribution in [3.63, 3.8) is 0 Å². The Morgan fingerprint density at radius 3 is 1.86 bits per heavy atom. The van der Waals surface area contributed by atoms with Crippen LogP contribution in [0, 0.1) is 23.7 Å². The molecule has 0 bridgehead atoms. The number of ketones is 1. The molecule has 0 aromatic rings. The number of allylic oxidation sites excluding steroid dienone is 2. The number of cyclic esters (lactones) is 1. The third-order valence-electron chi connectivity index (χ3n) is 10.4. The molecule has 0 aromatic carbocycles. The average molecular weight is 905 g/mol. The molecular formula is C50H96O13. The van der Waals surface area contributed by atoms with Crippen LogP contribution in [0.25, 0.3) is 0 Å². The van der Waals surface area contributed by atoms with Crippen LogP contribution in [0.5, 0.6) is 0 Å². The van der Waals surface area contributed by atoms with E-state index < -0.39 is 5.97 Å². The van der Waals surface area contributed by atoms with Gasteiger partial charge in [-0.25, -0.2) is 0 Å². The van der Waals surface area contributed by atoms with E-state index in [-0.39, 0.29) is 72.6 Å². The maximum Gasteiger partial charge on any atom is 0.306 e. The molecule has 1 aliphatic heterocycles. The lowest BCUT2D eigenvalue weighted by atomic mass is 9.94. The number of aliphatic hydroxyl groups excluding tert-OH is 2. The van der Waals surface area contributed by atoms with E-state index >= 15 is 0 Å². The molecule has 0 spiro atoms. The predicted octanol–water partition coefficient (Wildman–Crippen LogP) is 10.1. The Hall–Kier alpha value is -2.42. The fraction of sp³-hybridized carbons (Fsp3) is 0.880. The van der Waals surface area contributed by atoms with E-state index in [0.29, 0.717) is 64.1 Å². The van der Waals surface area contributed by atoms with Crippen molar-refractivity contribution >= 4 is 23.7 Å². The van der Waals surface area contributed by atoms with Crippen molar-refractivity contribution in [3.8, 4) is 0 Å². The van der Waals surface area contributed by atoms with Crippen LogP contribution in [0.2, 0.25) is 0 Å². The number of Topliss-reactive ketones (excluding diaryl/α,β-unsaturated/α-hetero) is 1. The van der Waals surface area contributed by atoms with E-state index in [1.807, 2.05) is 27.7 Å². The van der Waals surface area contributed by atoms with Crippen molar-refractivity contribution in [2.24, 2.45) is 23.7 Å². The van der Waals surface area contributed by atoms with Gasteiger partial charge in [-0.2, -0.15) is 0 Å². The van der Waals surface area contributed by atoms with Gasteiger partial charge in [0.2, 0.25) is 0 Å². The van der Waals surface area contributed by atoms with Gasteiger partial charge in [0.15, 0.2) is 0 Å². The molecule has 4 unspecified atom stereocenters. The summed E-state index contributed by atoms with van der Waals surface area (Å²) in [6.45, 7) is 29.0. The molecule has 0 amide bonds. The van der Waals surface area contributed by atoms with Crippen LogP contribution >= 0.6 is 0 Å². The lowest BCUT2D eigenvalue weighted by molar-refractivity contribution is -0.148. The average Bonchev–Trinajstić information content (AvgIpc) is 3.17. The number of carboxylic acid groups (broad SMARTS) is 1. The summed E-state index contributed by atoms with van der Waals surface area (Å²) in [5.74, 6) is 0.711. The lowest BCUT2D eigenvalue weighted by Gasteiger charge is -2.25. The van der Waals surface area contributed by atoms with Crippen molar-refractivity contribution in [3.05, 3.63) is 11.6 Å². The highest BCUT2D eigenvalue weighted by Gasteiger charge is 2.22. The number of aliphatic carboxylic acids is 1. The molecular weight excluding hydrogens is 809 g/mol. The molecule has 4 atom stereocenters. The molecule has 63 heavy (non-hydrogen) atoms. The third-order valence-corrected chi connectivity index (χ3v) is 10.4. The highest BCUT2D eigenvalue weighted by molar-refractivity contribution is 5.75. The van der Waals surface area contributed by atoms with Gasteiger partial charge >= 0.3 is 17.9 Å². The van der Waals surface area contributed by atoms with Gasteiger partial charge in [0.1, 0.15) is 19.0 Å². The summed E-state index contributed by atoms with van der Waals surface area (Å²) in [7, 11) is 1.68. The summed E-state index contributed by atoms with van der Waals surface area (Å²) in [6, 6.07) is 0. The number of hydrogen-bond acceptors (Lipinski definition) is 12. The molecule has 1 rings (SSSR count). The van der Waals surface area contributed by atoms with Crippen molar-refractivity contribution in [1.82, 2.24) is 0 Å². The van der Waals surface area contributed by atoms with Crippen molar-refractivity contribution in [2.45, 2.75) is 203 Å². The van der Waals surface area contributed by atoms with E-state index in [2.05, 4.69) is 61.5 Å². The Morgan fingerprint density at radius 2 is 1.35 bits per heavy atom. The molecule has 13 heteroatoms. The summed E-state index contributed by atoms with van der Waals surface area (Å²) in [5, 5.41) is 25.7. The van der Waals surface area contributed by atoms with Gasteiger partial charge < -0.3 is 48.5 Å². The Morgan fingerprint density at radius 1 is 0.810 bits per heavy atom. The number of rotatable bonds is 26. The zero-order valence-electron chi connectivity index (χ0n) is 42.6. The highest BCUT2D eigenvalue weighted by atomic mass is 16.6. The number of carboxylic acids is 1. The van der Waals surface area contributed by atoms with Crippen LogP contribution in [0.3, 0.4) is 0 Å². The van der Waals surface area contributed by atoms with Gasteiger partial charge in [0.05, 0.1) is 56.4 Å².